The molecule has 0 nitrogen and oxygen atoms in total. The van der Waals surface area contributed by atoms with Crippen molar-refractivity contribution in [1.29, 1.82) is 0 Å². The molecule has 0 heterocycles. The predicted molar refractivity (Wildman–Crippen MR) is 88.0 cm³/mol. The van der Waals surface area contributed by atoms with E-state index in [2.05, 4.69) is 74.5 Å². The molecule has 2 aromatic carbocycles. The number of hydrogen-bond donors (Lipinski definition) is 0. The van der Waals surface area contributed by atoms with Crippen molar-refractivity contribution < 1.29 is 0 Å². The van der Waals surface area contributed by atoms with Crippen molar-refractivity contribution in [3.63, 3.8) is 0 Å². The largest absolute Gasteiger partial charge is 0.0654 e. The molecule has 1 atom stereocenters. The first-order valence-corrected chi connectivity index (χ1v) is 7.91. The van der Waals surface area contributed by atoms with Crippen LogP contribution in [0, 0.1) is 5.92 Å². The van der Waals surface area contributed by atoms with Crippen molar-refractivity contribution in [2.24, 2.45) is 5.92 Å². The molecule has 0 spiro atoms. The summed E-state index contributed by atoms with van der Waals surface area (Å²) in [6.07, 6.45) is 5.19. The lowest BCUT2D eigenvalue weighted by Gasteiger charge is -2.20. The molecular formula is C20H26. The van der Waals surface area contributed by atoms with Crippen molar-refractivity contribution >= 4 is 0 Å². The molecule has 0 radical (unpaired) electrons. The Bertz CT molecular complexity index is 432. The van der Waals surface area contributed by atoms with Crippen LogP contribution in [0.2, 0.25) is 0 Å². The third-order valence-corrected chi connectivity index (χ3v) is 4.13. The fraction of sp³-hybridized carbons (Fsp3) is 0.400. The van der Waals surface area contributed by atoms with Gasteiger partial charge in [0.15, 0.2) is 0 Å². The first-order chi connectivity index (χ1) is 9.81. The molecule has 0 aromatic heterocycles. The monoisotopic (exact) mass is 266 g/mol. The summed E-state index contributed by atoms with van der Waals surface area (Å²) in [6, 6.07) is 21.9. The second kappa shape index (κ2) is 7.89. The Morgan fingerprint density at radius 1 is 0.700 bits per heavy atom. The van der Waals surface area contributed by atoms with Crippen LogP contribution in [0.3, 0.4) is 0 Å². The Morgan fingerprint density at radius 3 is 1.65 bits per heavy atom. The molecule has 0 bridgehead atoms. The third kappa shape index (κ3) is 4.23. The lowest BCUT2D eigenvalue weighted by atomic mass is 9.85. The lowest BCUT2D eigenvalue weighted by molar-refractivity contribution is 0.455. The standard InChI is InChI=1S/C20H26/c1-3-10-17(2)15-16-20(18-11-6-4-7-12-18)19-13-8-5-9-14-19/h4-9,11-14,17,20H,3,10,15-16H2,1-2H3. The Labute approximate surface area is 123 Å². The van der Waals surface area contributed by atoms with Gasteiger partial charge in [-0.3, -0.25) is 0 Å². The Kier molecular flexibility index (Phi) is 5.86. The summed E-state index contributed by atoms with van der Waals surface area (Å²) in [7, 11) is 0. The van der Waals surface area contributed by atoms with Gasteiger partial charge in [-0.2, -0.15) is 0 Å². The van der Waals surface area contributed by atoms with E-state index < -0.39 is 0 Å². The average molecular weight is 266 g/mol. The van der Waals surface area contributed by atoms with Crippen LogP contribution in [-0.2, 0) is 0 Å². The molecule has 0 amide bonds. The van der Waals surface area contributed by atoms with Gasteiger partial charge in [0.2, 0.25) is 0 Å². The van der Waals surface area contributed by atoms with E-state index in [1.54, 1.807) is 0 Å². The highest BCUT2D eigenvalue weighted by Gasteiger charge is 2.14. The first-order valence-electron chi connectivity index (χ1n) is 7.91. The normalized spacial score (nSPS) is 12.6. The smallest absolute Gasteiger partial charge is 0.00894 e. The van der Waals surface area contributed by atoms with E-state index in [1.165, 1.54) is 36.8 Å². The van der Waals surface area contributed by atoms with E-state index in [0.717, 1.165) is 5.92 Å². The van der Waals surface area contributed by atoms with Gasteiger partial charge in [0.05, 0.1) is 0 Å². The molecule has 0 saturated carbocycles. The van der Waals surface area contributed by atoms with Crippen molar-refractivity contribution in [3.05, 3.63) is 71.8 Å². The maximum Gasteiger partial charge on any atom is 0.00894 e. The molecule has 0 aliphatic carbocycles. The zero-order valence-electron chi connectivity index (χ0n) is 12.8. The van der Waals surface area contributed by atoms with Crippen LogP contribution in [0.1, 0.15) is 56.6 Å². The summed E-state index contributed by atoms with van der Waals surface area (Å²) in [5.74, 6) is 1.37. The highest BCUT2D eigenvalue weighted by Crippen LogP contribution is 2.31. The van der Waals surface area contributed by atoms with E-state index in [0.29, 0.717) is 5.92 Å². The minimum absolute atomic E-state index is 0.539. The first kappa shape index (κ1) is 14.8. The van der Waals surface area contributed by atoms with Gasteiger partial charge in [-0.05, 0) is 29.9 Å². The molecule has 0 N–H and O–H groups in total. The van der Waals surface area contributed by atoms with Gasteiger partial charge in [-0.25, -0.2) is 0 Å². The van der Waals surface area contributed by atoms with E-state index >= 15 is 0 Å². The van der Waals surface area contributed by atoms with Gasteiger partial charge in [-0.15, -0.1) is 0 Å². The lowest BCUT2D eigenvalue weighted by Crippen LogP contribution is -2.04. The van der Waals surface area contributed by atoms with Gasteiger partial charge in [0.25, 0.3) is 0 Å². The maximum absolute atomic E-state index is 2.39. The molecule has 0 heteroatoms. The Morgan fingerprint density at radius 2 is 1.20 bits per heavy atom. The van der Waals surface area contributed by atoms with E-state index in [1.807, 2.05) is 0 Å². The maximum atomic E-state index is 2.39. The van der Waals surface area contributed by atoms with Crippen LogP contribution < -0.4 is 0 Å². The minimum atomic E-state index is 0.539. The quantitative estimate of drug-likeness (QED) is 0.573. The van der Waals surface area contributed by atoms with Crippen molar-refractivity contribution in [2.45, 2.75) is 45.4 Å². The molecule has 1 unspecified atom stereocenters. The van der Waals surface area contributed by atoms with E-state index in [9.17, 15) is 0 Å². The van der Waals surface area contributed by atoms with Gasteiger partial charge in [0, 0.05) is 5.92 Å². The van der Waals surface area contributed by atoms with Crippen LogP contribution >= 0.6 is 0 Å². The fourth-order valence-corrected chi connectivity index (χ4v) is 2.98. The van der Waals surface area contributed by atoms with Crippen LogP contribution in [-0.4, -0.2) is 0 Å². The Balaban J connectivity index is 2.13. The Hall–Kier alpha value is -1.56. The van der Waals surface area contributed by atoms with Crippen LogP contribution in [0.4, 0.5) is 0 Å². The summed E-state index contributed by atoms with van der Waals surface area (Å²) in [4.78, 5) is 0. The molecule has 0 aliphatic heterocycles. The van der Waals surface area contributed by atoms with Crippen LogP contribution in [0.25, 0.3) is 0 Å². The summed E-state index contributed by atoms with van der Waals surface area (Å²) in [5.41, 5.74) is 2.89. The number of benzene rings is 2. The average Bonchev–Trinajstić information content (AvgIpc) is 2.50. The van der Waals surface area contributed by atoms with Crippen LogP contribution in [0.5, 0.6) is 0 Å². The second-order valence-corrected chi connectivity index (χ2v) is 5.85. The van der Waals surface area contributed by atoms with Gasteiger partial charge < -0.3 is 0 Å². The van der Waals surface area contributed by atoms with Crippen molar-refractivity contribution in [3.8, 4) is 0 Å². The highest BCUT2D eigenvalue weighted by molar-refractivity contribution is 5.32. The predicted octanol–water partition coefficient (Wildman–Crippen LogP) is 6.03. The molecule has 20 heavy (non-hydrogen) atoms. The SMILES string of the molecule is CCCC(C)CCC(c1ccccc1)c1ccccc1. The zero-order valence-corrected chi connectivity index (χ0v) is 12.8. The minimum Gasteiger partial charge on any atom is -0.0654 e. The van der Waals surface area contributed by atoms with Gasteiger partial charge >= 0.3 is 0 Å². The molecule has 2 rings (SSSR count). The molecule has 0 aliphatic rings. The van der Waals surface area contributed by atoms with Crippen LogP contribution in [0.15, 0.2) is 60.7 Å². The molecule has 0 fully saturated rings. The topological polar surface area (TPSA) is 0 Å². The highest BCUT2D eigenvalue weighted by atomic mass is 14.2. The second-order valence-electron chi connectivity index (χ2n) is 5.85. The molecule has 2 aromatic rings. The van der Waals surface area contributed by atoms with E-state index in [4.69, 9.17) is 0 Å². The molecular weight excluding hydrogens is 240 g/mol. The summed E-state index contributed by atoms with van der Waals surface area (Å²) in [5, 5.41) is 0. The third-order valence-electron chi connectivity index (χ3n) is 4.13. The van der Waals surface area contributed by atoms with Gasteiger partial charge in [-0.1, -0.05) is 87.4 Å². The summed E-state index contributed by atoms with van der Waals surface area (Å²) < 4.78 is 0. The summed E-state index contributed by atoms with van der Waals surface area (Å²) >= 11 is 0. The van der Waals surface area contributed by atoms with Gasteiger partial charge in [0.1, 0.15) is 0 Å². The zero-order chi connectivity index (χ0) is 14.2. The number of rotatable bonds is 7. The molecule has 106 valence electrons. The van der Waals surface area contributed by atoms with E-state index in [-0.39, 0.29) is 0 Å². The fourth-order valence-electron chi connectivity index (χ4n) is 2.98. The number of hydrogen-bond acceptors (Lipinski definition) is 0. The summed E-state index contributed by atoms with van der Waals surface area (Å²) in [6.45, 7) is 4.67. The molecule has 0 saturated heterocycles. The van der Waals surface area contributed by atoms with Crippen molar-refractivity contribution in [2.75, 3.05) is 0 Å². The van der Waals surface area contributed by atoms with Crippen molar-refractivity contribution in [1.82, 2.24) is 0 Å².